The van der Waals surface area contributed by atoms with Crippen molar-refractivity contribution in [1.29, 1.82) is 0 Å². The van der Waals surface area contributed by atoms with E-state index in [4.69, 9.17) is 28.2 Å². The quantitative estimate of drug-likeness (QED) is 0.241. The van der Waals surface area contributed by atoms with E-state index in [0.717, 1.165) is 58.3 Å². The third kappa shape index (κ3) is 4.80. The summed E-state index contributed by atoms with van der Waals surface area (Å²) >= 11 is 12.8. The van der Waals surface area contributed by atoms with Crippen molar-refractivity contribution in [3.8, 4) is 11.3 Å². The molecule has 35 heavy (non-hydrogen) atoms. The van der Waals surface area contributed by atoms with Gasteiger partial charge in [-0.15, -0.1) is 0 Å². The first-order valence-electron chi connectivity index (χ1n) is 11.3. The first-order valence-corrected chi connectivity index (χ1v) is 12.1. The molecule has 178 valence electrons. The number of aliphatic imine (C=N–C) groups is 1. The average Bonchev–Trinajstić information content (AvgIpc) is 3.43. The van der Waals surface area contributed by atoms with Crippen LogP contribution in [0.25, 0.3) is 22.6 Å². The lowest BCUT2D eigenvalue weighted by molar-refractivity contribution is 0.199. The van der Waals surface area contributed by atoms with Crippen LogP contribution in [0.3, 0.4) is 0 Å². The number of imidazole rings is 1. The van der Waals surface area contributed by atoms with Gasteiger partial charge in [-0.05, 0) is 50.3 Å². The number of hydrogen-bond donors (Lipinski definition) is 0. The zero-order valence-electron chi connectivity index (χ0n) is 19.6. The zero-order chi connectivity index (χ0) is 24.5. The Balaban J connectivity index is 1.65. The summed E-state index contributed by atoms with van der Waals surface area (Å²) in [6, 6.07) is 9.57. The molecular weight excluding hydrogens is 481 g/mol. The minimum Gasteiger partial charge on any atom is -0.301 e. The molecule has 4 aromatic rings. The number of nitrogens with zero attached hydrogens (tertiary/aromatic N) is 7. The molecule has 0 saturated heterocycles. The van der Waals surface area contributed by atoms with Gasteiger partial charge in [0.2, 0.25) is 0 Å². The van der Waals surface area contributed by atoms with Crippen LogP contribution in [0.4, 0.5) is 0 Å². The minimum atomic E-state index is 0.569. The molecule has 0 saturated carbocycles. The zero-order valence-corrected chi connectivity index (χ0v) is 21.1. The van der Waals surface area contributed by atoms with E-state index in [0.29, 0.717) is 23.1 Å². The van der Waals surface area contributed by atoms with Gasteiger partial charge >= 0.3 is 0 Å². The first kappa shape index (κ1) is 23.5. The molecule has 3 aromatic heterocycles. The second-order valence-electron chi connectivity index (χ2n) is 8.55. The molecule has 7 nitrogen and oxygen atoms in total. The highest BCUT2D eigenvalue weighted by molar-refractivity contribution is 6.36. The molecule has 0 fully saturated rings. The van der Waals surface area contributed by atoms with Gasteiger partial charge < -0.3 is 4.40 Å². The lowest BCUT2D eigenvalue weighted by Gasteiger charge is -2.26. The lowest BCUT2D eigenvalue weighted by Crippen LogP contribution is -2.34. The molecule has 0 radical (unpaired) electrons. The van der Waals surface area contributed by atoms with E-state index in [2.05, 4.69) is 37.2 Å². The predicted octanol–water partition coefficient (Wildman–Crippen LogP) is 5.92. The standard InChI is InChI=1S/C26H25Cl2N7/c1-4-29-22(11-17(2)3)18-5-8-24-32-26(20-7-6-19(27)12-21(20)28)23(34(24)13-18)14-33-9-10-35-25(15-33)30-16-31-35/h4-8,11-13,16H,2,9-10,14-15H2,1,3H3/b22-11-,29-4?. The Bertz CT molecular complexity index is 1480. The molecule has 1 aliphatic rings. The van der Waals surface area contributed by atoms with Crippen molar-refractivity contribution in [2.75, 3.05) is 6.54 Å². The van der Waals surface area contributed by atoms with Crippen molar-refractivity contribution < 1.29 is 0 Å². The van der Waals surface area contributed by atoms with Crippen LogP contribution in [0, 0.1) is 0 Å². The van der Waals surface area contributed by atoms with Crippen molar-refractivity contribution >= 4 is 40.8 Å². The van der Waals surface area contributed by atoms with Gasteiger partial charge in [-0.25, -0.2) is 14.6 Å². The van der Waals surface area contributed by atoms with Crippen LogP contribution in [-0.4, -0.2) is 41.8 Å². The maximum atomic E-state index is 6.63. The fourth-order valence-corrected chi connectivity index (χ4v) is 4.82. The molecule has 1 aliphatic heterocycles. The SMILES string of the molecule is C=C(C)/C=C(\N=CC)c1ccc2nc(-c3ccc(Cl)cc3Cl)c(CN3CCn4ncnc4C3)n2c1. The molecule has 0 amide bonds. The second-order valence-corrected chi connectivity index (χ2v) is 9.39. The molecule has 4 heterocycles. The monoisotopic (exact) mass is 505 g/mol. The molecular formula is C26H25Cl2N7. The number of fused-ring (bicyclic) bond motifs is 2. The fraction of sp³-hybridized carbons (Fsp3) is 0.231. The van der Waals surface area contributed by atoms with Gasteiger partial charge in [0.25, 0.3) is 0 Å². The van der Waals surface area contributed by atoms with E-state index in [1.54, 1.807) is 18.6 Å². The topological polar surface area (TPSA) is 63.6 Å². The third-order valence-corrected chi connectivity index (χ3v) is 6.46. The first-order chi connectivity index (χ1) is 16.9. The van der Waals surface area contributed by atoms with Crippen LogP contribution in [-0.2, 0) is 19.6 Å². The third-order valence-electron chi connectivity index (χ3n) is 5.91. The van der Waals surface area contributed by atoms with Crippen molar-refractivity contribution in [2.45, 2.75) is 33.5 Å². The summed E-state index contributed by atoms with van der Waals surface area (Å²) in [6.07, 6.45) is 7.46. The molecule has 0 spiro atoms. The molecule has 0 bridgehead atoms. The van der Waals surface area contributed by atoms with Gasteiger partial charge in [-0.1, -0.05) is 35.4 Å². The van der Waals surface area contributed by atoms with E-state index in [1.807, 2.05) is 48.9 Å². The molecule has 0 N–H and O–H groups in total. The van der Waals surface area contributed by atoms with Gasteiger partial charge in [0, 0.05) is 41.7 Å². The Kier molecular flexibility index (Phi) is 6.56. The van der Waals surface area contributed by atoms with Crippen LogP contribution in [0.1, 0.15) is 30.9 Å². The second kappa shape index (κ2) is 9.77. The Morgan fingerprint density at radius 3 is 2.83 bits per heavy atom. The minimum absolute atomic E-state index is 0.569. The van der Waals surface area contributed by atoms with Crippen molar-refractivity contribution in [3.63, 3.8) is 0 Å². The van der Waals surface area contributed by atoms with Crippen LogP contribution < -0.4 is 0 Å². The van der Waals surface area contributed by atoms with Gasteiger partial charge in [0.05, 0.1) is 35.2 Å². The Morgan fingerprint density at radius 1 is 1.20 bits per heavy atom. The Labute approximate surface area is 214 Å². The number of rotatable bonds is 6. The summed E-state index contributed by atoms with van der Waals surface area (Å²) in [6.45, 7) is 10.9. The van der Waals surface area contributed by atoms with Gasteiger partial charge in [-0.2, -0.15) is 5.10 Å². The molecule has 0 unspecified atom stereocenters. The summed E-state index contributed by atoms with van der Waals surface area (Å²) in [7, 11) is 0. The molecule has 5 rings (SSSR count). The smallest absolute Gasteiger partial charge is 0.141 e. The Morgan fingerprint density at radius 2 is 2.06 bits per heavy atom. The molecule has 0 aliphatic carbocycles. The summed E-state index contributed by atoms with van der Waals surface area (Å²) in [5.74, 6) is 0.959. The lowest BCUT2D eigenvalue weighted by atomic mass is 10.1. The van der Waals surface area contributed by atoms with Gasteiger partial charge in [-0.3, -0.25) is 9.89 Å². The van der Waals surface area contributed by atoms with E-state index in [1.165, 1.54) is 0 Å². The number of halogens is 2. The van der Waals surface area contributed by atoms with Crippen molar-refractivity contribution in [2.24, 2.45) is 4.99 Å². The highest BCUT2D eigenvalue weighted by Crippen LogP contribution is 2.34. The summed E-state index contributed by atoms with van der Waals surface area (Å²) < 4.78 is 4.09. The van der Waals surface area contributed by atoms with Crippen LogP contribution in [0.15, 0.2) is 66.1 Å². The highest BCUT2D eigenvalue weighted by Gasteiger charge is 2.23. The summed E-state index contributed by atoms with van der Waals surface area (Å²) in [4.78, 5) is 16.3. The van der Waals surface area contributed by atoms with Crippen molar-refractivity contribution in [3.05, 3.63) is 88.2 Å². The van der Waals surface area contributed by atoms with Crippen LogP contribution >= 0.6 is 23.2 Å². The van der Waals surface area contributed by atoms with Gasteiger partial charge in [0.15, 0.2) is 0 Å². The maximum Gasteiger partial charge on any atom is 0.141 e. The number of benzene rings is 1. The normalized spacial score (nSPS) is 14.7. The average molecular weight is 506 g/mol. The fourth-order valence-electron chi connectivity index (χ4n) is 4.32. The highest BCUT2D eigenvalue weighted by atomic mass is 35.5. The number of hydrogen-bond acceptors (Lipinski definition) is 5. The summed E-state index contributed by atoms with van der Waals surface area (Å²) in [5, 5.41) is 5.46. The van der Waals surface area contributed by atoms with Gasteiger partial charge in [0.1, 0.15) is 17.8 Å². The summed E-state index contributed by atoms with van der Waals surface area (Å²) in [5.41, 5.74) is 6.31. The maximum absolute atomic E-state index is 6.63. The number of pyridine rings is 1. The molecule has 9 heteroatoms. The number of aromatic nitrogens is 5. The van der Waals surface area contributed by atoms with Crippen molar-refractivity contribution in [1.82, 2.24) is 29.0 Å². The van der Waals surface area contributed by atoms with E-state index < -0.39 is 0 Å². The van der Waals surface area contributed by atoms with Crippen LogP contribution in [0.2, 0.25) is 10.0 Å². The predicted molar refractivity (Wildman–Crippen MR) is 142 cm³/mol. The Hall–Kier alpha value is -3.26. The van der Waals surface area contributed by atoms with E-state index in [9.17, 15) is 0 Å². The number of allylic oxidation sites excluding steroid dienone is 2. The molecule has 1 aromatic carbocycles. The van der Waals surface area contributed by atoms with E-state index in [-0.39, 0.29) is 0 Å². The van der Waals surface area contributed by atoms with Crippen LogP contribution in [0.5, 0.6) is 0 Å². The largest absolute Gasteiger partial charge is 0.301 e. The molecule has 0 atom stereocenters. The van der Waals surface area contributed by atoms with E-state index >= 15 is 0 Å².